The summed E-state index contributed by atoms with van der Waals surface area (Å²) in [6.45, 7) is -0.0858. The van der Waals surface area contributed by atoms with Crippen molar-refractivity contribution in [3.63, 3.8) is 0 Å². The topological polar surface area (TPSA) is 83.9 Å². The standard InChI is InChI=1S/C16H16F3NO5/c1-25-13(22)8-11-12(21)6-7-20(15(23)24)14(11)9-2-4-10(5-3-9)16(17,18)19/h2-5,11,14H,6-8H2,1H3,(H,23,24). The Kier molecular flexibility index (Phi) is 5.34. The highest BCUT2D eigenvalue weighted by molar-refractivity contribution is 5.88. The fraction of sp³-hybridized carbons (Fsp3) is 0.438. The van der Waals surface area contributed by atoms with Crippen LogP contribution < -0.4 is 0 Å². The third kappa shape index (κ3) is 4.09. The molecule has 0 radical (unpaired) electrons. The number of nitrogens with zero attached hydrogens (tertiary/aromatic N) is 1. The van der Waals surface area contributed by atoms with Gasteiger partial charge in [-0.05, 0) is 17.7 Å². The fourth-order valence-electron chi connectivity index (χ4n) is 2.93. The molecule has 2 rings (SSSR count). The molecular weight excluding hydrogens is 343 g/mol. The molecule has 1 fully saturated rings. The molecule has 1 aliphatic rings. The number of esters is 1. The Labute approximate surface area is 141 Å². The Morgan fingerprint density at radius 1 is 1.28 bits per heavy atom. The Hall–Kier alpha value is -2.58. The zero-order chi connectivity index (χ0) is 18.8. The van der Waals surface area contributed by atoms with Crippen molar-refractivity contribution >= 4 is 17.8 Å². The lowest BCUT2D eigenvalue weighted by molar-refractivity contribution is -0.146. The van der Waals surface area contributed by atoms with Crippen LogP contribution in [0.15, 0.2) is 24.3 Å². The van der Waals surface area contributed by atoms with Crippen LogP contribution in [-0.4, -0.2) is 41.5 Å². The molecule has 0 spiro atoms. The first-order valence-corrected chi connectivity index (χ1v) is 7.41. The van der Waals surface area contributed by atoms with Gasteiger partial charge in [0, 0.05) is 13.0 Å². The van der Waals surface area contributed by atoms with Crippen molar-refractivity contribution in [1.82, 2.24) is 4.90 Å². The Morgan fingerprint density at radius 2 is 1.88 bits per heavy atom. The number of carboxylic acid groups (broad SMARTS) is 1. The lowest BCUT2D eigenvalue weighted by Crippen LogP contribution is -2.46. The summed E-state index contributed by atoms with van der Waals surface area (Å²) in [5, 5.41) is 9.37. The number of rotatable bonds is 3. The molecular formula is C16H16F3NO5. The molecule has 1 amide bonds. The van der Waals surface area contributed by atoms with Crippen LogP contribution in [-0.2, 0) is 20.5 Å². The van der Waals surface area contributed by atoms with Crippen molar-refractivity contribution < 1.29 is 37.4 Å². The Balaban J connectivity index is 2.42. The molecule has 136 valence electrons. The maximum absolute atomic E-state index is 12.7. The average molecular weight is 359 g/mol. The highest BCUT2D eigenvalue weighted by Gasteiger charge is 2.42. The van der Waals surface area contributed by atoms with Crippen LogP contribution in [0.3, 0.4) is 0 Å². The number of amides is 1. The number of halogens is 3. The zero-order valence-corrected chi connectivity index (χ0v) is 13.2. The normalized spacial score (nSPS) is 21.1. The van der Waals surface area contributed by atoms with E-state index in [1.807, 2.05) is 0 Å². The summed E-state index contributed by atoms with van der Waals surface area (Å²) in [6, 6.07) is 2.87. The molecule has 2 atom stereocenters. The van der Waals surface area contributed by atoms with Crippen molar-refractivity contribution in [3.8, 4) is 0 Å². The molecule has 1 saturated heterocycles. The molecule has 9 heteroatoms. The van der Waals surface area contributed by atoms with E-state index in [2.05, 4.69) is 4.74 Å². The predicted octanol–water partition coefficient (Wildman–Crippen LogP) is 2.88. The van der Waals surface area contributed by atoms with E-state index in [0.29, 0.717) is 0 Å². The molecule has 6 nitrogen and oxygen atoms in total. The molecule has 1 aliphatic heterocycles. The quantitative estimate of drug-likeness (QED) is 0.839. The van der Waals surface area contributed by atoms with E-state index in [1.54, 1.807) is 0 Å². The smallest absolute Gasteiger partial charge is 0.416 e. The molecule has 1 N–H and O–H groups in total. The average Bonchev–Trinajstić information content (AvgIpc) is 2.55. The van der Waals surface area contributed by atoms with Gasteiger partial charge in [-0.15, -0.1) is 0 Å². The maximum atomic E-state index is 12.7. The SMILES string of the molecule is COC(=O)CC1C(=O)CCN(C(=O)O)C1c1ccc(C(F)(F)F)cc1. The van der Waals surface area contributed by atoms with Gasteiger partial charge in [-0.2, -0.15) is 13.2 Å². The lowest BCUT2D eigenvalue weighted by Gasteiger charge is -2.38. The molecule has 1 aromatic carbocycles. The molecule has 1 heterocycles. The van der Waals surface area contributed by atoms with E-state index in [4.69, 9.17) is 0 Å². The first kappa shape index (κ1) is 18.8. The fourth-order valence-corrected chi connectivity index (χ4v) is 2.93. The van der Waals surface area contributed by atoms with Gasteiger partial charge >= 0.3 is 18.2 Å². The Morgan fingerprint density at radius 3 is 2.36 bits per heavy atom. The van der Waals surface area contributed by atoms with Gasteiger partial charge < -0.3 is 14.7 Å². The van der Waals surface area contributed by atoms with Crippen LogP contribution in [0.25, 0.3) is 0 Å². The van der Waals surface area contributed by atoms with Gasteiger partial charge in [0.25, 0.3) is 0 Å². The number of benzene rings is 1. The van der Waals surface area contributed by atoms with Crippen molar-refractivity contribution in [2.45, 2.75) is 25.1 Å². The summed E-state index contributed by atoms with van der Waals surface area (Å²) in [5.74, 6) is -2.02. The highest BCUT2D eigenvalue weighted by Crippen LogP contribution is 2.38. The second-order valence-corrected chi connectivity index (χ2v) is 5.64. The monoisotopic (exact) mass is 359 g/mol. The summed E-state index contributed by atoms with van der Waals surface area (Å²) in [4.78, 5) is 36.3. The minimum absolute atomic E-state index is 0.0644. The number of alkyl halides is 3. The minimum atomic E-state index is -4.53. The second kappa shape index (κ2) is 7.12. The van der Waals surface area contributed by atoms with Gasteiger partial charge in [-0.3, -0.25) is 9.59 Å². The van der Waals surface area contributed by atoms with Gasteiger partial charge in [0.2, 0.25) is 0 Å². The van der Waals surface area contributed by atoms with Gasteiger partial charge in [0.05, 0.1) is 31.1 Å². The van der Waals surface area contributed by atoms with Crippen LogP contribution >= 0.6 is 0 Å². The van der Waals surface area contributed by atoms with Gasteiger partial charge in [0.1, 0.15) is 5.78 Å². The number of hydrogen-bond acceptors (Lipinski definition) is 4. The maximum Gasteiger partial charge on any atom is 0.416 e. The molecule has 0 bridgehead atoms. The Bertz CT molecular complexity index is 671. The van der Waals surface area contributed by atoms with Gasteiger partial charge in [-0.1, -0.05) is 12.1 Å². The minimum Gasteiger partial charge on any atom is -0.469 e. The van der Waals surface area contributed by atoms with E-state index >= 15 is 0 Å². The van der Waals surface area contributed by atoms with Crippen LogP contribution in [0, 0.1) is 5.92 Å². The highest BCUT2D eigenvalue weighted by atomic mass is 19.4. The number of methoxy groups -OCH3 is 1. The summed E-state index contributed by atoms with van der Waals surface area (Å²) in [6.07, 6.45) is -6.25. The van der Waals surface area contributed by atoms with Gasteiger partial charge in [0.15, 0.2) is 0 Å². The van der Waals surface area contributed by atoms with Crippen LogP contribution in [0.1, 0.15) is 30.0 Å². The second-order valence-electron chi connectivity index (χ2n) is 5.64. The largest absolute Gasteiger partial charge is 0.469 e. The number of hydrogen-bond donors (Lipinski definition) is 1. The van der Waals surface area contributed by atoms with Crippen molar-refractivity contribution in [2.24, 2.45) is 5.92 Å². The molecule has 1 aromatic rings. The van der Waals surface area contributed by atoms with Crippen LogP contribution in [0.4, 0.5) is 18.0 Å². The summed E-state index contributed by atoms with van der Waals surface area (Å²) in [5.41, 5.74) is -0.665. The summed E-state index contributed by atoms with van der Waals surface area (Å²) < 4.78 is 42.6. The molecule has 0 aliphatic carbocycles. The number of Topliss-reactive ketones (excluding diaryl/α,β-unsaturated/α-hetero) is 1. The molecule has 25 heavy (non-hydrogen) atoms. The van der Waals surface area contributed by atoms with E-state index in [9.17, 15) is 32.7 Å². The zero-order valence-electron chi connectivity index (χ0n) is 13.2. The summed E-state index contributed by atoms with van der Waals surface area (Å²) >= 11 is 0. The molecule has 0 aromatic heterocycles. The third-order valence-electron chi connectivity index (χ3n) is 4.17. The number of piperidine rings is 1. The number of carbonyl (C=O) groups is 3. The molecule has 0 saturated carbocycles. The van der Waals surface area contributed by atoms with Crippen LogP contribution in [0.2, 0.25) is 0 Å². The third-order valence-corrected chi connectivity index (χ3v) is 4.17. The van der Waals surface area contributed by atoms with Crippen molar-refractivity contribution in [2.75, 3.05) is 13.7 Å². The molecule has 2 unspecified atom stereocenters. The number of ketones is 1. The number of ether oxygens (including phenoxy) is 1. The van der Waals surface area contributed by atoms with E-state index < -0.39 is 35.8 Å². The van der Waals surface area contributed by atoms with E-state index in [0.717, 1.165) is 36.3 Å². The van der Waals surface area contributed by atoms with Gasteiger partial charge in [-0.25, -0.2) is 4.79 Å². The lowest BCUT2D eigenvalue weighted by atomic mass is 9.81. The number of likely N-dealkylation sites (tertiary alicyclic amines) is 1. The first-order valence-electron chi connectivity index (χ1n) is 7.41. The van der Waals surface area contributed by atoms with E-state index in [1.165, 1.54) is 0 Å². The number of carbonyl (C=O) groups excluding carboxylic acids is 2. The van der Waals surface area contributed by atoms with E-state index in [-0.39, 0.29) is 30.7 Å². The summed E-state index contributed by atoms with van der Waals surface area (Å²) in [7, 11) is 1.14. The van der Waals surface area contributed by atoms with Crippen molar-refractivity contribution in [3.05, 3.63) is 35.4 Å². The van der Waals surface area contributed by atoms with Crippen LogP contribution in [0.5, 0.6) is 0 Å². The predicted molar refractivity (Wildman–Crippen MR) is 78.7 cm³/mol. The van der Waals surface area contributed by atoms with Crippen molar-refractivity contribution in [1.29, 1.82) is 0 Å². The first-order chi connectivity index (χ1) is 11.6.